The molecule has 5 rings (SSSR count). The van der Waals surface area contributed by atoms with E-state index in [1.165, 1.54) is 31.4 Å². The Morgan fingerprint density at radius 1 is 1.00 bits per heavy atom. The molecule has 3 aromatic carbocycles. The van der Waals surface area contributed by atoms with Crippen LogP contribution in [0.25, 0.3) is 11.1 Å². The average molecular weight is 441 g/mol. The number of piperidine rings is 1. The lowest BCUT2D eigenvalue weighted by Crippen LogP contribution is -2.41. The third-order valence-corrected chi connectivity index (χ3v) is 7.11. The van der Waals surface area contributed by atoms with E-state index in [0.29, 0.717) is 22.4 Å². The van der Waals surface area contributed by atoms with Gasteiger partial charge in [-0.1, -0.05) is 48.5 Å². The molecule has 1 atom stereocenters. The summed E-state index contributed by atoms with van der Waals surface area (Å²) >= 11 is 0. The van der Waals surface area contributed by atoms with Crippen LogP contribution < -0.4 is 16.4 Å². The van der Waals surface area contributed by atoms with E-state index in [1.54, 1.807) is 0 Å². The van der Waals surface area contributed by atoms with Crippen LogP contribution in [0.3, 0.4) is 0 Å². The molecular weight excluding hydrogens is 408 g/mol. The van der Waals surface area contributed by atoms with Gasteiger partial charge in [-0.15, -0.1) is 0 Å². The van der Waals surface area contributed by atoms with Gasteiger partial charge in [-0.3, -0.25) is 9.69 Å². The zero-order valence-electron chi connectivity index (χ0n) is 19.0. The van der Waals surface area contributed by atoms with E-state index in [9.17, 15) is 4.79 Å². The quantitative estimate of drug-likeness (QED) is 0.500. The standard InChI is InChI=1S/C28H32N4O/c29-25-12-11-24(22-5-2-1-3-6-22)17-26(25)31-27(33)23-9-7-21(8-10-23)18-32-16-14-28(20-32)13-4-15-30-19-28/h1-3,5-12,17,30H,4,13-16,18-20,29H2,(H,31,33). The van der Waals surface area contributed by atoms with Crippen molar-refractivity contribution in [3.8, 4) is 11.1 Å². The van der Waals surface area contributed by atoms with Crippen molar-refractivity contribution >= 4 is 17.3 Å². The number of hydrogen-bond donors (Lipinski definition) is 3. The molecule has 1 amide bonds. The highest BCUT2D eigenvalue weighted by molar-refractivity contribution is 6.06. The largest absolute Gasteiger partial charge is 0.397 e. The molecule has 33 heavy (non-hydrogen) atoms. The molecule has 5 nitrogen and oxygen atoms in total. The number of carbonyl (C=O) groups is 1. The van der Waals surface area contributed by atoms with Gasteiger partial charge in [-0.05, 0) is 78.7 Å². The van der Waals surface area contributed by atoms with Crippen molar-refractivity contribution in [2.75, 3.05) is 37.2 Å². The Balaban J connectivity index is 1.22. The van der Waals surface area contributed by atoms with E-state index < -0.39 is 0 Å². The zero-order chi connectivity index (χ0) is 22.7. The van der Waals surface area contributed by atoms with E-state index in [0.717, 1.165) is 37.3 Å². The Morgan fingerprint density at radius 3 is 2.58 bits per heavy atom. The van der Waals surface area contributed by atoms with Gasteiger partial charge in [0.1, 0.15) is 0 Å². The summed E-state index contributed by atoms with van der Waals surface area (Å²) in [4.78, 5) is 15.4. The van der Waals surface area contributed by atoms with Gasteiger partial charge in [0.25, 0.3) is 5.91 Å². The Hall–Kier alpha value is -3.15. The summed E-state index contributed by atoms with van der Waals surface area (Å²) in [5, 5.41) is 6.57. The Bertz CT molecular complexity index is 1100. The first kappa shape index (κ1) is 21.7. The molecule has 2 aliphatic rings. The SMILES string of the molecule is Nc1ccc(-c2ccccc2)cc1NC(=O)c1ccc(CN2CCC3(CCCNC3)C2)cc1. The number of anilines is 2. The number of nitrogen functional groups attached to an aromatic ring is 1. The number of hydrogen-bond acceptors (Lipinski definition) is 4. The minimum absolute atomic E-state index is 0.146. The average Bonchev–Trinajstić information content (AvgIpc) is 3.23. The normalized spacial score (nSPS) is 20.7. The molecule has 2 heterocycles. The lowest BCUT2D eigenvalue weighted by Gasteiger charge is -2.34. The highest BCUT2D eigenvalue weighted by Gasteiger charge is 2.38. The summed E-state index contributed by atoms with van der Waals surface area (Å²) in [5.41, 5.74) is 11.8. The lowest BCUT2D eigenvalue weighted by atomic mass is 9.80. The van der Waals surface area contributed by atoms with Crippen molar-refractivity contribution in [3.63, 3.8) is 0 Å². The van der Waals surface area contributed by atoms with Gasteiger partial charge in [-0.2, -0.15) is 0 Å². The third kappa shape index (κ3) is 4.95. The van der Waals surface area contributed by atoms with Gasteiger partial charge in [0.2, 0.25) is 0 Å². The lowest BCUT2D eigenvalue weighted by molar-refractivity contribution is 0.102. The highest BCUT2D eigenvalue weighted by Crippen LogP contribution is 2.37. The maximum absolute atomic E-state index is 12.9. The summed E-state index contributed by atoms with van der Waals surface area (Å²) in [6.45, 7) is 5.57. The molecule has 0 aliphatic carbocycles. The van der Waals surface area contributed by atoms with Crippen LogP contribution in [0, 0.1) is 5.41 Å². The van der Waals surface area contributed by atoms with Crippen LogP contribution in [0.15, 0.2) is 72.8 Å². The molecule has 2 aliphatic heterocycles. The molecule has 1 spiro atoms. The molecule has 5 heteroatoms. The van der Waals surface area contributed by atoms with Gasteiger partial charge >= 0.3 is 0 Å². The van der Waals surface area contributed by atoms with E-state index in [2.05, 4.69) is 27.7 Å². The van der Waals surface area contributed by atoms with Crippen LogP contribution in [0.4, 0.5) is 11.4 Å². The molecule has 0 aromatic heterocycles. The third-order valence-electron chi connectivity index (χ3n) is 7.11. The van der Waals surface area contributed by atoms with E-state index in [-0.39, 0.29) is 5.91 Å². The van der Waals surface area contributed by atoms with Crippen LogP contribution in [-0.4, -0.2) is 37.0 Å². The first-order valence-electron chi connectivity index (χ1n) is 11.9. The molecule has 0 bridgehead atoms. The summed E-state index contributed by atoms with van der Waals surface area (Å²) in [7, 11) is 0. The van der Waals surface area contributed by atoms with Crippen LogP contribution in [0.2, 0.25) is 0 Å². The Morgan fingerprint density at radius 2 is 1.82 bits per heavy atom. The number of nitrogens with two attached hydrogens (primary N) is 1. The first-order chi connectivity index (χ1) is 16.1. The minimum atomic E-state index is -0.146. The van der Waals surface area contributed by atoms with Crippen molar-refractivity contribution in [1.82, 2.24) is 10.2 Å². The van der Waals surface area contributed by atoms with Gasteiger partial charge in [0.15, 0.2) is 0 Å². The van der Waals surface area contributed by atoms with Gasteiger partial charge < -0.3 is 16.4 Å². The first-order valence-corrected chi connectivity index (χ1v) is 11.9. The van der Waals surface area contributed by atoms with Crippen LogP contribution in [-0.2, 0) is 6.54 Å². The smallest absolute Gasteiger partial charge is 0.255 e. The summed E-state index contributed by atoms with van der Waals surface area (Å²) in [6, 6.07) is 23.8. The molecule has 2 saturated heterocycles. The molecular formula is C28H32N4O. The summed E-state index contributed by atoms with van der Waals surface area (Å²) in [5.74, 6) is -0.146. The number of carbonyl (C=O) groups excluding carboxylic acids is 1. The van der Waals surface area contributed by atoms with E-state index in [4.69, 9.17) is 5.73 Å². The number of amides is 1. The number of benzene rings is 3. The van der Waals surface area contributed by atoms with Crippen LogP contribution in [0.1, 0.15) is 35.2 Å². The molecule has 3 aromatic rings. The summed E-state index contributed by atoms with van der Waals surface area (Å²) in [6.07, 6.45) is 3.91. The van der Waals surface area contributed by atoms with Crippen molar-refractivity contribution in [2.45, 2.75) is 25.8 Å². The minimum Gasteiger partial charge on any atom is -0.397 e. The number of likely N-dealkylation sites (tertiary alicyclic amines) is 1. The van der Waals surface area contributed by atoms with Crippen molar-refractivity contribution in [1.29, 1.82) is 0 Å². The number of nitrogens with one attached hydrogen (secondary N) is 2. The monoisotopic (exact) mass is 440 g/mol. The van der Waals surface area contributed by atoms with Gasteiger partial charge in [0.05, 0.1) is 11.4 Å². The second kappa shape index (κ2) is 9.38. The highest BCUT2D eigenvalue weighted by atomic mass is 16.1. The number of nitrogens with zero attached hydrogens (tertiary/aromatic N) is 1. The molecule has 0 saturated carbocycles. The van der Waals surface area contributed by atoms with Crippen LogP contribution >= 0.6 is 0 Å². The fourth-order valence-electron chi connectivity index (χ4n) is 5.23. The summed E-state index contributed by atoms with van der Waals surface area (Å²) < 4.78 is 0. The van der Waals surface area contributed by atoms with E-state index >= 15 is 0 Å². The molecule has 1 unspecified atom stereocenters. The van der Waals surface area contributed by atoms with Crippen molar-refractivity contribution in [3.05, 3.63) is 83.9 Å². The van der Waals surface area contributed by atoms with Crippen molar-refractivity contribution < 1.29 is 4.79 Å². The maximum atomic E-state index is 12.9. The maximum Gasteiger partial charge on any atom is 0.255 e. The Labute approximate surface area is 196 Å². The number of rotatable bonds is 5. The second-order valence-corrected chi connectivity index (χ2v) is 9.56. The molecule has 4 N–H and O–H groups in total. The van der Waals surface area contributed by atoms with E-state index in [1.807, 2.05) is 60.7 Å². The van der Waals surface area contributed by atoms with Gasteiger partial charge in [0, 0.05) is 25.2 Å². The van der Waals surface area contributed by atoms with Crippen molar-refractivity contribution in [2.24, 2.45) is 5.41 Å². The van der Waals surface area contributed by atoms with Crippen LogP contribution in [0.5, 0.6) is 0 Å². The predicted octanol–water partition coefficient (Wildman–Crippen LogP) is 4.76. The second-order valence-electron chi connectivity index (χ2n) is 9.56. The molecule has 2 fully saturated rings. The van der Waals surface area contributed by atoms with Gasteiger partial charge in [-0.25, -0.2) is 0 Å². The molecule has 0 radical (unpaired) electrons. The Kier molecular flexibility index (Phi) is 6.16. The fourth-order valence-corrected chi connectivity index (χ4v) is 5.23. The topological polar surface area (TPSA) is 70.4 Å². The fraction of sp³-hybridized carbons (Fsp3) is 0.321. The zero-order valence-corrected chi connectivity index (χ0v) is 19.0. The predicted molar refractivity (Wildman–Crippen MR) is 135 cm³/mol. The molecule has 170 valence electrons.